The van der Waals surface area contributed by atoms with E-state index in [1.165, 1.54) is 0 Å². The van der Waals surface area contributed by atoms with Gasteiger partial charge < -0.3 is 14.6 Å². The molecule has 21 heavy (non-hydrogen) atoms. The number of para-hydroxylation sites is 2. The van der Waals surface area contributed by atoms with Gasteiger partial charge in [-0.2, -0.15) is 0 Å². The van der Waals surface area contributed by atoms with E-state index >= 15 is 0 Å². The maximum absolute atomic E-state index is 10.5. The fraction of sp³-hybridized carbons (Fsp3) is 0.133. The van der Waals surface area contributed by atoms with Crippen LogP contribution in [0.1, 0.15) is 6.42 Å². The molecule has 0 radical (unpaired) electrons. The third-order valence-corrected chi connectivity index (χ3v) is 3.07. The average Bonchev–Trinajstić information content (AvgIpc) is 2.43. The molecule has 2 aromatic carbocycles. The number of ether oxygens (including phenoxy) is 2. The maximum atomic E-state index is 10.5. The average molecular weight is 327 g/mol. The van der Waals surface area contributed by atoms with Crippen LogP contribution in [0.25, 0.3) is 0 Å². The van der Waals surface area contributed by atoms with Gasteiger partial charge in [-0.1, -0.05) is 35.3 Å². The highest BCUT2D eigenvalue weighted by molar-refractivity contribution is 6.35. The van der Waals surface area contributed by atoms with E-state index in [1.807, 2.05) is 0 Å². The van der Waals surface area contributed by atoms with Crippen LogP contribution in [-0.4, -0.2) is 17.7 Å². The third kappa shape index (κ3) is 4.55. The fourth-order valence-corrected chi connectivity index (χ4v) is 2.03. The van der Waals surface area contributed by atoms with Crippen molar-refractivity contribution >= 4 is 29.2 Å². The van der Waals surface area contributed by atoms with Crippen LogP contribution in [0.15, 0.2) is 42.5 Å². The molecule has 0 aliphatic heterocycles. The Balaban J connectivity index is 2.14. The van der Waals surface area contributed by atoms with Crippen molar-refractivity contribution in [1.29, 1.82) is 0 Å². The van der Waals surface area contributed by atoms with Crippen molar-refractivity contribution in [1.82, 2.24) is 0 Å². The van der Waals surface area contributed by atoms with E-state index in [9.17, 15) is 4.79 Å². The fourth-order valence-electron chi connectivity index (χ4n) is 1.58. The summed E-state index contributed by atoms with van der Waals surface area (Å²) in [5, 5.41) is 9.51. The number of aliphatic carboxylic acids is 1. The molecule has 0 heterocycles. The number of hydrogen-bond acceptors (Lipinski definition) is 3. The van der Waals surface area contributed by atoms with Crippen molar-refractivity contribution in [2.24, 2.45) is 0 Å². The lowest BCUT2D eigenvalue weighted by Gasteiger charge is -2.12. The lowest BCUT2D eigenvalue weighted by molar-refractivity contribution is -0.137. The summed E-state index contributed by atoms with van der Waals surface area (Å²) in [5.41, 5.74) is 0. The molecule has 2 rings (SSSR count). The Morgan fingerprint density at radius 1 is 1.05 bits per heavy atom. The second kappa shape index (κ2) is 7.20. The van der Waals surface area contributed by atoms with Crippen molar-refractivity contribution in [2.45, 2.75) is 6.42 Å². The lowest BCUT2D eigenvalue weighted by atomic mass is 10.3. The molecule has 1 N–H and O–H groups in total. The summed E-state index contributed by atoms with van der Waals surface area (Å²) in [4.78, 5) is 10.5. The van der Waals surface area contributed by atoms with Crippen LogP contribution < -0.4 is 9.47 Å². The summed E-state index contributed by atoms with van der Waals surface area (Å²) in [6.45, 7) is 0.0596. The minimum absolute atomic E-state index is 0.0596. The predicted molar refractivity (Wildman–Crippen MR) is 80.7 cm³/mol. The number of hydrogen-bond donors (Lipinski definition) is 1. The van der Waals surface area contributed by atoms with Gasteiger partial charge >= 0.3 is 5.97 Å². The minimum atomic E-state index is -0.922. The molecule has 4 nitrogen and oxygen atoms in total. The molecule has 0 unspecified atom stereocenters. The zero-order valence-corrected chi connectivity index (χ0v) is 12.4. The first-order valence-corrected chi connectivity index (χ1v) is 6.88. The molecule has 0 saturated carbocycles. The molecule has 0 amide bonds. The van der Waals surface area contributed by atoms with Gasteiger partial charge in [0.05, 0.1) is 18.1 Å². The highest BCUT2D eigenvalue weighted by atomic mass is 35.5. The van der Waals surface area contributed by atoms with Gasteiger partial charge in [-0.15, -0.1) is 0 Å². The van der Waals surface area contributed by atoms with Gasteiger partial charge in [0.1, 0.15) is 5.75 Å². The molecule has 2 aromatic rings. The molecule has 0 atom stereocenters. The van der Waals surface area contributed by atoms with E-state index in [2.05, 4.69) is 0 Å². The number of carboxylic acid groups (broad SMARTS) is 1. The molecule has 0 saturated heterocycles. The Bertz CT molecular complexity index is 643. The number of rotatable bonds is 6. The third-order valence-electron chi connectivity index (χ3n) is 2.54. The summed E-state index contributed by atoms with van der Waals surface area (Å²) in [6, 6.07) is 11.8. The number of carboxylic acids is 1. The molecule has 0 aliphatic carbocycles. The van der Waals surface area contributed by atoms with Crippen LogP contribution >= 0.6 is 23.2 Å². The van der Waals surface area contributed by atoms with Crippen LogP contribution in [-0.2, 0) is 4.79 Å². The number of carbonyl (C=O) groups is 1. The van der Waals surface area contributed by atoms with Crippen LogP contribution in [0.2, 0.25) is 10.0 Å². The van der Waals surface area contributed by atoms with E-state index in [4.69, 9.17) is 37.8 Å². The molecular formula is C15H12Cl2O4. The standard InChI is InChI=1S/C15H12Cl2O4/c16-10-5-6-12(11(17)9-10)21-14-4-2-1-3-13(14)20-8-7-15(18)19/h1-6,9H,7-8H2,(H,18,19). The predicted octanol–water partition coefficient (Wildman–Crippen LogP) is 4.64. The van der Waals surface area contributed by atoms with Gasteiger partial charge in [-0.3, -0.25) is 4.79 Å². The van der Waals surface area contributed by atoms with Crippen molar-refractivity contribution < 1.29 is 19.4 Å². The second-order valence-electron chi connectivity index (χ2n) is 4.12. The zero-order valence-electron chi connectivity index (χ0n) is 10.9. The maximum Gasteiger partial charge on any atom is 0.306 e. The smallest absolute Gasteiger partial charge is 0.306 e. The summed E-state index contributed by atoms with van der Waals surface area (Å²) in [7, 11) is 0. The van der Waals surface area contributed by atoms with E-state index < -0.39 is 5.97 Å². The summed E-state index contributed by atoms with van der Waals surface area (Å²) in [6.07, 6.45) is -0.0873. The monoisotopic (exact) mass is 326 g/mol. The van der Waals surface area contributed by atoms with Gasteiger partial charge in [0, 0.05) is 5.02 Å². The zero-order chi connectivity index (χ0) is 15.2. The molecule has 0 bridgehead atoms. The topological polar surface area (TPSA) is 55.8 Å². The van der Waals surface area contributed by atoms with Gasteiger partial charge in [0.15, 0.2) is 11.5 Å². The molecule has 0 aromatic heterocycles. The van der Waals surface area contributed by atoms with E-state index in [0.717, 1.165) is 0 Å². The number of halogens is 2. The highest BCUT2D eigenvalue weighted by Gasteiger charge is 2.09. The van der Waals surface area contributed by atoms with Crippen molar-refractivity contribution in [2.75, 3.05) is 6.61 Å². The SMILES string of the molecule is O=C(O)CCOc1ccccc1Oc1ccc(Cl)cc1Cl. The number of benzene rings is 2. The van der Waals surface area contributed by atoms with Crippen molar-refractivity contribution in [3.63, 3.8) is 0 Å². The van der Waals surface area contributed by atoms with Gasteiger partial charge in [0.2, 0.25) is 0 Å². The van der Waals surface area contributed by atoms with Gasteiger partial charge in [-0.25, -0.2) is 0 Å². The lowest BCUT2D eigenvalue weighted by Crippen LogP contribution is -2.05. The summed E-state index contributed by atoms with van der Waals surface area (Å²) in [5.74, 6) is 0.418. The van der Waals surface area contributed by atoms with Crippen LogP contribution in [0, 0.1) is 0 Å². The second-order valence-corrected chi connectivity index (χ2v) is 4.96. The van der Waals surface area contributed by atoms with Crippen LogP contribution in [0.5, 0.6) is 17.2 Å². The minimum Gasteiger partial charge on any atom is -0.489 e. The first kappa shape index (κ1) is 15.5. The Morgan fingerprint density at radius 2 is 1.76 bits per heavy atom. The summed E-state index contributed by atoms with van der Waals surface area (Å²) < 4.78 is 11.1. The van der Waals surface area contributed by atoms with Gasteiger partial charge in [-0.05, 0) is 30.3 Å². The molecule has 0 aliphatic rings. The van der Waals surface area contributed by atoms with E-state index in [-0.39, 0.29) is 13.0 Å². The first-order valence-electron chi connectivity index (χ1n) is 6.13. The van der Waals surface area contributed by atoms with Crippen LogP contribution in [0.4, 0.5) is 0 Å². The molecule has 110 valence electrons. The van der Waals surface area contributed by atoms with Crippen molar-refractivity contribution in [3.8, 4) is 17.2 Å². The van der Waals surface area contributed by atoms with Crippen molar-refractivity contribution in [3.05, 3.63) is 52.5 Å². The normalized spacial score (nSPS) is 10.2. The van der Waals surface area contributed by atoms with E-state index in [0.29, 0.717) is 27.3 Å². The molecule has 0 spiro atoms. The largest absolute Gasteiger partial charge is 0.489 e. The first-order chi connectivity index (χ1) is 10.1. The highest BCUT2D eigenvalue weighted by Crippen LogP contribution is 2.36. The van der Waals surface area contributed by atoms with Crippen LogP contribution in [0.3, 0.4) is 0 Å². The van der Waals surface area contributed by atoms with E-state index in [1.54, 1.807) is 42.5 Å². The Kier molecular flexibility index (Phi) is 5.31. The quantitative estimate of drug-likeness (QED) is 0.840. The molecular weight excluding hydrogens is 315 g/mol. The molecule has 6 heteroatoms. The van der Waals surface area contributed by atoms with Gasteiger partial charge in [0.25, 0.3) is 0 Å². The Hall–Kier alpha value is -1.91. The Morgan fingerprint density at radius 3 is 2.43 bits per heavy atom. The Labute approximate surface area is 131 Å². The summed E-state index contributed by atoms with van der Waals surface area (Å²) >= 11 is 11.9. The molecule has 0 fully saturated rings.